The summed E-state index contributed by atoms with van der Waals surface area (Å²) in [7, 11) is 0. The number of carbonyl (C=O) groups excluding carboxylic acids is 1. The van der Waals surface area contributed by atoms with Gasteiger partial charge in [-0.3, -0.25) is 4.79 Å². The molecule has 4 heteroatoms. The summed E-state index contributed by atoms with van der Waals surface area (Å²) < 4.78 is 4.76. The van der Waals surface area contributed by atoms with Crippen molar-refractivity contribution in [2.75, 3.05) is 0 Å². The predicted molar refractivity (Wildman–Crippen MR) is 42.9 cm³/mol. The summed E-state index contributed by atoms with van der Waals surface area (Å²) in [5.41, 5.74) is 0. The van der Waals surface area contributed by atoms with E-state index in [9.17, 15) is 4.79 Å². The second-order valence-electron chi connectivity index (χ2n) is 2.54. The molecule has 0 aliphatic heterocycles. The second kappa shape index (κ2) is 3.99. The highest BCUT2D eigenvalue weighted by Gasteiger charge is 2.12. The Hall–Kier alpha value is -1.19. The van der Waals surface area contributed by atoms with Crippen molar-refractivity contribution in [3.8, 4) is 0 Å². The number of hydrogen-bond donors (Lipinski definition) is 0. The first-order chi connectivity index (χ1) is 5.77. The molecule has 12 heavy (non-hydrogen) atoms. The van der Waals surface area contributed by atoms with E-state index in [4.69, 9.17) is 4.52 Å². The standard InChI is InChI=1S/C8H12N2O2/c1-3-5-6(11)8-9-7(4-2)10-12-8/h3-5H2,1-2H3. The molecule has 1 aromatic heterocycles. The van der Waals surface area contributed by atoms with Crippen molar-refractivity contribution >= 4 is 5.78 Å². The lowest BCUT2D eigenvalue weighted by atomic mass is 10.2. The van der Waals surface area contributed by atoms with Crippen molar-refractivity contribution in [1.29, 1.82) is 0 Å². The Balaban J connectivity index is 2.68. The van der Waals surface area contributed by atoms with Crippen LogP contribution in [-0.4, -0.2) is 15.9 Å². The van der Waals surface area contributed by atoms with E-state index in [1.807, 2.05) is 13.8 Å². The summed E-state index contributed by atoms with van der Waals surface area (Å²) in [5.74, 6) is 0.674. The van der Waals surface area contributed by atoms with Crippen LogP contribution in [0.1, 0.15) is 43.2 Å². The van der Waals surface area contributed by atoms with Crippen LogP contribution in [0.2, 0.25) is 0 Å². The zero-order valence-corrected chi connectivity index (χ0v) is 7.33. The third-order valence-corrected chi connectivity index (χ3v) is 1.50. The minimum absolute atomic E-state index is 0.0651. The fourth-order valence-corrected chi connectivity index (χ4v) is 0.845. The van der Waals surface area contributed by atoms with Gasteiger partial charge in [0.1, 0.15) is 0 Å². The molecule has 0 fully saturated rings. The van der Waals surface area contributed by atoms with Gasteiger partial charge in [-0.05, 0) is 6.42 Å². The van der Waals surface area contributed by atoms with E-state index in [0.717, 1.165) is 6.42 Å². The van der Waals surface area contributed by atoms with Crippen LogP contribution in [0.15, 0.2) is 4.52 Å². The zero-order valence-electron chi connectivity index (χ0n) is 7.33. The number of Topliss-reactive ketones (excluding diaryl/α,β-unsaturated/α-hetero) is 1. The fraction of sp³-hybridized carbons (Fsp3) is 0.625. The second-order valence-corrected chi connectivity index (χ2v) is 2.54. The lowest BCUT2D eigenvalue weighted by molar-refractivity contribution is 0.0939. The van der Waals surface area contributed by atoms with Crippen LogP contribution in [0.25, 0.3) is 0 Å². The average molecular weight is 168 g/mol. The number of hydrogen-bond acceptors (Lipinski definition) is 4. The van der Waals surface area contributed by atoms with Crippen LogP contribution in [-0.2, 0) is 6.42 Å². The Morgan fingerprint density at radius 2 is 2.25 bits per heavy atom. The van der Waals surface area contributed by atoms with Crippen molar-refractivity contribution in [2.24, 2.45) is 0 Å². The quantitative estimate of drug-likeness (QED) is 0.641. The smallest absolute Gasteiger partial charge is 0.293 e. The molecule has 0 radical (unpaired) electrons. The Labute approximate surface area is 71.0 Å². The molecule has 0 amide bonds. The summed E-state index contributed by atoms with van der Waals surface area (Å²) in [6.45, 7) is 3.86. The minimum atomic E-state index is -0.0651. The van der Waals surface area contributed by atoms with Gasteiger partial charge in [-0.2, -0.15) is 4.98 Å². The predicted octanol–water partition coefficient (Wildman–Crippen LogP) is 1.61. The number of aromatic nitrogens is 2. The number of rotatable bonds is 4. The monoisotopic (exact) mass is 168 g/mol. The normalized spacial score (nSPS) is 10.2. The molecule has 0 aromatic carbocycles. The highest BCUT2D eigenvalue weighted by Crippen LogP contribution is 2.03. The van der Waals surface area contributed by atoms with Crippen molar-refractivity contribution < 1.29 is 9.32 Å². The van der Waals surface area contributed by atoms with Crippen molar-refractivity contribution in [2.45, 2.75) is 33.1 Å². The fourth-order valence-electron chi connectivity index (χ4n) is 0.845. The lowest BCUT2D eigenvalue weighted by Gasteiger charge is -1.87. The van der Waals surface area contributed by atoms with Gasteiger partial charge < -0.3 is 4.52 Å². The maximum atomic E-state index is 11.2. The van der Waals surface area contributed by atoms with Crippen molar-refractivity contribution in [3.05, 3.63) is 11.7 Å². The largest absolute Gasteiger partial charge is 0.331 e. The highest BCUT2D eigenvalue weighted by atomic mass is 16.5. The van der Waals surface area contributed by atoms with Gasteiger partial charge in [0.2, 0.25) is 5.78 Å². The van der Waals surface area contributed by atoms with E-state index < -0.39 is 0 Å². The molecule has 1 aromatic rings. The van der Waals surface area contributed by atoms with E-state index >= 15 is 0 Å². The topological polar surface area (TPSA) is 56.0 Å². The van der Waals surface area contributed by atoms with E-state index in [1.54, 1.807) is 0 Å². The number of aryl methyl sites for hydroxylation is 1. The Kier molecular flexibility index (Phi) is 2.96. The van der Waals surface area contributed by atoms with Crippen LogP contribution in [0.4, 0.5) is 0 Å². The van der Waals surface area contributed by atoms with Crippen molar-refractivity contribution in [1.82, 2.24) is 10.1 Å². The van der Waals surface area contributed by atoms with Gasteiger partial charge in [0.15, 0.2) is 5.82 Å². The van der Waals surface area contributed by atoms with E-state index in [2.05, 4.69) is 10.1 Å². The Morgan fingerprint density at radius 1 is 1.50 bits per heavy atom. The third kappa shape index (κ3) is 1.90. The first-order valence-corrected chi connectivity index (χ1v) is 4.13. The first-order valence-electron chi connectivity index (χ1n) is 4.13. The van der Waals surface area contributed by atoms with Gasteiger partial charge >= 0.3 is 0 Å². The molecule has 0 saturated carbocycles. The van der Waals surface area contributed by atoms with Gasteiger partial charge in [-0.25, -0.2) is 0 Å². The molecule has 0 bridgehead atoms. The van der Waals surface area contributed by atoms with Gasteiger partial charge in [0, 0.05) is 12.8 Å². The molecular formula is C8H12N2O2. The molecule has 0 saturated heterocycles. The zero-order chi connectivity index (χ0) is 8.97. The third-order valence-electron chi connectivity index (χ3n) is 1.50. The molecule has 0 atom stereocenters. The SMILES string of the molecule is CCCC(=O)c1nc(CC)no1. The molecule has 1 heterocycles. The van der Waals surface area contributed by atoms with Gasteiger partial charge in [0.25, 0.3) is 5.89 Å². The van der Waals surface area contributed by atoms with Crippen LogP contribution < -0.4 is 0 Å². The number of carbonyl (C=O) groups is 1. The van der Waals surface area contributed by atoms with Crippen LogP contribution >= 0.6 is 0 Å². The maximum absolute atomic E-state index is 11.2. The highest BCUT2D eigenvalue weighted by molar-refractivity contribution is 5.91. The van der Waals surface area contributed by atoms with Crippen LogP contribution in [0.5, 0.6) is 0 Å². The lowest BCUT2D eigenvalue weighted by Crippen LogP contribution is -1.98. The summed E-state index contributed by atoms with van der Waals surface area (Å²) in [6, 6.07) is 0. The maximum Gasteiger partial charge on any atom is 0.293 e. The average Bonchev–Trinajstić information content (AvgIpc) is 2.52. The molecule has 0 N–H and O–H groups in total. The molecule has 66 valence electrons. The summed E-state index contributed by atoms with van der Waals surface area (Å²) >= 11 is 0. The first kappa shape index (κ1) is 8.90. The van der Waals surface area contributed by atoms with E-state index in [0.29, 0.717) is 18.7 Å². The molecule has 0 spiro atoms. The summed E-state index contributed by atoms with van der Waals surface area (Å²) in [4.78, 5) is 15.1. The van der Waals surface area contributed by atoms with Crippen molar-refractivity contribution in [3.63, 3.8) is 0 Å². The molecule has 1 rings (SSSR count). The summed E-state index contributed by atoms with van der Waals surface area (Å²) in [5, 5.41) is 3.63. The molecule has 0 aliphatic rings. The van der Waals surface area contributed by atoms with Crippen LogP contribution in [0.3, 0.4) is 0 Å². The number of ketones is 1. The molecular weight excluding hydrogens is 156 g/mol. The molecule has 4 nitrogen and oxygen atoms in total. The van der Waals surface area contributed by atoms with E-state index in [-0.39, 0.29) is 11.7 Å². The van der Waals surface area contributed by atoms with E-state index in [1.165, 1.54) is 0 Å². The Morgan fingerprint density at radius 3 is 2.75 bits per heavy atom. The summed E-state index contributed by atoms with van der Waals surface area (Å²) in [6.07, 6.45) is 1.98. The molecule has 0 unspecified atom stereocenters. The Bertz CT molecular complexity index is 268. The van der Waals surface area contributed by atoms with Gasteiger partial charge in [-0.15, -0.1) is 0 Å². The van der Waals surface area contributed by atoms with Gasteiger partial charge in [-0.1, -0.05) is 19.0 Å². The minimum Gasteiger partial charge on any atom is -0.331 e. The number of nitrogens with zero attached hydrogens (tertiary/aromatic N) is 2. The van der Waals surface area contributed by atoms with Crippen LogP contribution in [0, 0.1) is 0 Å². The van der Waals surface area contributed by atoms with Gasteiger partial charge in [0.05, 0.1) is 0 Å². The molecule has 0 aliphatic carbocycles.